The third-order valence-corrected chi connectivity index (χ3v) is 24.5. The van der Waals surface area contributed by atoms with Gasteiger partial charge in [-0.05, 0) is 201 Å². The number of imide groups is 1. The van der Waals surface area contributed by atoms with Crippen molar-refractivity contribution in [2.24, 2.45) is 29.6 Å². The van der Waals surface area contributed by atoms with Crippen molar-refractivity contribution in [3.8, 4) is 57.1 Å². The van der Waals surface area contributed by atoms with Crippen molar-refractivity contribution < 1.29 is 117 Å². The summed E-state index contributed by atoms with van der Waals surface area (Å²) in [6.07, 6.45) is -10.5. The number of likely N-dealkylation sites (N-methyl/N-ethyl adjacent to an activating group) is 3. The molecule has 0 unspecified atom stereocenters. The number of aliphatic hydroxyl groups excluding tert-OH is 4. The van der Waals surface area contributed by atoms with Crippen molar-refractivity contribution in [1.29, 1.82) is 0 Å². The van der Waals surface area contributed by atoms with Gasteiger partial charge in [0.25, 0.3) is 5.91 Å². The summed E-state index contributed by atoms with van der Waals surface area (Å²) in [6, 6.07) is 4.83. The Balaban J connectivity index is 0.902. The van der Waals surface area contributed by atoms with Crippen LogP contribution in [0.4, 0.5) is 4.79 Å². The first kappa shape index (κ1) is 86.0. The summed E-state index contributed by atoms with van der Waals surface area (Å²) < 4.78 is 43.4. The number of amides is 10. The minimum absolute atomic E-state index is 0.0751. The molecule has 38 heteroatoms. The van der Waals surface area contributed by atoms with Crippen LogP contribution >= 0.6 is 23.2 Å². The fraction of sp³-hybridized carbons (Fsp3) is 0.452. The van der Waals surface area contributed by atoms with Crippen LogP contribution in [0.25, 0.3) is 11.1 Å². The number of halogens is 2. The van der Waals surface area contributed by atoms with E-state index in [0.29, 0.717) is 24.9 Å². The zero-order valence-corrected chi connectivity index (χ0v) is 68.1. The highest BCUT2D eigenvalue weighted by atomic mass is 35.5. The minimum Gasteiger partial charge on any atom is -0.508 e. The first-order valence-corrected chi connectivity index (χ1v) is 41.0. The molecule has 0 aromatic heterocycles. The highest BCUT2D eigenvalue weighted by Gasteiger charge is 2.54. The van der Waals surface area contributed by atoms with Gasteiger partial charge in [-0.2, -0.15) is 0 Å². The molecule has 15 bridgehead atoms. The van der Waals surface area contributed by atoms with Crippen LogP contribution in [-0.2, 0) is 53.6 Å². The molecule has 6 fully saturated rings. The first-order valence-electron chi connectivity index (χ1n) is 40.3. The molecule has 5 aliphatic carbocycles. The summed E-state index contributed by atoms with van der Waals surface area (Å²) in [7, 11) is 4.89. The Hall–Kier alpha value is -11.0. The fourth-order valence-electron chi connectivity index (χ4n) is 18.0. The van der Waals surface area contributed by atoms with E-state index in [9.17, 15) is 54.9 Å². The van der Waals surface area contributed by atoms with Gasteiger partial charge in [-0.3, -0.25) is 48.5 Å². The molecule has 0 spiro atoms. The van der Waals surface area contributed by atoms with Crippen molar-refractivity contribution in [2.75, 3.05) is 54.0 Å². The minimum atomic E-state index is -2.98. The molecule has 7 aliphatic heterocycles. The van der Waals surface area contributed by atoms with Gasteiger partial charge in [0.2, 0.25) is 65.1 Å². The second kappa shape index (κ2) is 35.5. The molecule has 648 valence electrons. The van der Waals surface area contributed by atoms with Crippen molar-refractivity contribution in [3.63, 3.8) is 0 Å². The molecular formula is C84H94Cl2N12O24. The first-order chi connectivity index (χ1) is 58.3. The molecule has 6 aromatic rings. The van der Waals surface area contributed by atoms with Gasteiger partial charge in [-0.15, -0.1) is 0 Å². The Kier molecular flexibility index (Phi) is 25.0. The molecule has 122 heavy (non-hydrogen) atoms. The zero-order valence-electron chi connectivity index (χ0n) is 66.6. The molecule has 2 saturated heterocycles. The summed E-state index contributed by atoms with van der Waals surface area (Å²) in [4.78, 5) is 152. The van der Waals surface area contributed by atoms with Gasteiger partial charge in [0, 0.05) is 35.8 Å². The third kappa shape index (κ3) is 17.4. The fourth-order valence-corrected chi connectivity index (χ4v) is 18.5. The van der Waals surface area contributed by atoms with E-state index in [1.165, 1.54) is 67.7 Å². The van der Waals surface area contributed by atoms with Crippen LogP contribution in [0.1, 0.15) is 138 Å². The number of nitrogens with one attached hydrogen (secondary N) is 12. The number of carbonyl (C=O) groups excluding carboxylic acids is 10. The van der Waals surface area contributed by atoms with Gasteiger partial charge in [0.1, 0.15) is 97.2 Å². The van der Waals surface area contributed by atoms with Gasteiger partial charge in [0.15, 0.2) is 29.1 Å². The zero-order chi connectivity index (χ0) is 86.6. The Morgan fingerprint density at radius 1 is 0.623 bits per heavy atom. The van der Waals surface area contributed by atoms with Gasteiger partial charge >= 0.3 is 6.09 Å². The molecule has 7 heterocycles. The Labute approximate surface area is 707 Å². The van der Waals surface area contributed by atoms with Gasteiger partial charge in [-0.25, -0.2) is 4.79 Å². The highest BCUT2D eigenvalue weighted by Crippen LogP contribution is 2.56. The number of rotatable bonds is 20. The maximum Gasteiger partial charge on any atom is 0.407 e. The number of hydrogen-bond acceptors (Lipinski definition) is 27. The SMILES string of the molecule is CNCCOc1ccc(C(=O)NC(=O)C[C@@H]2NC(=O)[C@H](NC(=O)[C@@H](CC(C)C)NC)[C@H](O)c3ccc(c(Cl)c3)Oc3cc4cc(c3O[C@@H]3O[C@@H]5CNC(=O)O[C@H]5[C@H](O)[C@H]3O)Oc3ccc(cc3Cl)[C@@H](O)[C@@H]3NC(=O)[C@H](NC(=O)[C@@H]4NC2=O)c2ccc4c(c2)-c2c(cc(O)cc2C4(O)O)[C@@H](C(=O)NC2C4CC5CC(C4)CC2C5)NC3=O)cc1OCCNC. The summed E-state index contributed by atoms with van der Waals surface area (Å²) >= 11 is 14.4. The predicted octanol–water partition coefficient (Wildman–Crippen LogP) is 2.24. The van der Waals surface area contributed by atoms with E-state index in [1.807, 2.05) is 13.8 Å². The summed E-state index contributed by atoms with van der Waals surface area (Å²) in [5, 5.41) is 117. The quantitative estimate of drug-likeness (QED) is 0.0385. The van der Waals surface area contributed by atoms with E-state index < -0.39 is 185 Å². The Bertz CT molecular complexity index is 5130. The second-order valence-electron chi connectivity index (χ2n) is 32.6. The normalized spacial score (nSPS) is 28.1. The lowest BCUT2D eigenvalue weighted by atomic mass is 9.54. The van der Waals surface area contributed by atoms with E-state index in [2.05, 4.69) is 63.8 Å². The number of fused-ring (bicyclic) bond motifs is 13. The van der Waals surface area contributed by atoms with E-state index >= 15 is 28.8 Å². The second-order valence-corrected chi connectivity index (χ2v) is 33.4. The summed E-state index contributed by atoms with van der Waals surface area (Å²) in [5.41, 5.74) is -2.27. The average molecular weight is 1730 g/mol. The standard InChI is InChI=1S/C84H94Cl2N12O24/c1-34(2)18-51(89-5)75(106)97-66-68(101)38-7-11-53(49(85)25-38)118-57-28-43-29-58(72(57)121-82-71(104)70(103)73-59(120-82)33-90-83(113)122-73)119-54-12-8-39(26-50(54)86)69(102)67-81(112)96-65(79(110)93-62-41-20-35-19-36(22-41)23-42(62)21-35)46-30-44(99)31-48-61(46)45-24-37(6-10-47(45)84(48,114)115)63(77(108)98-67)95-78(109)64(43)94-76(107)52(91-80(66)111)32-60(100)92-74(105)40-9-13-55(116-16-14-87-3)56(27-40)117-17-15-88-4/h6-13,24-31,34-36,41-42,51-52,59,62-71,73,82,87-89,99,101-104,114-115H,14-23,32-33H2,1-5H3,(H,90,113)(H,91,111)(H,93,110)(H,94,107)(H,95,109)(H,96,112)(H,97,106)(H,98,108)(H,92,100,105)/t35?,36?,41?,42?,51-,52+,59-,62?,63-,64-,65+,66-,67+,68-,69-,70-,71-,73-,82+/m1/s1. The third-order valence-electron chi connectivity index (χ3n) is 23.9. The van der Waals surface area contributed by atoms with Crippen molar-refractivity contribution >= 4 is 82.5 Å². The van der Waals surface area contributed by atoms with E-state index in [0.717, 1.165) is 68.5 Å². The van der Waals surface area contributed by atoms with Crippen molar-refractivity contribution in [2.45, 2.75) is 156 Å². The van der Waals surface area contributed by atoms with Gasteiger partial charge in [0.05, 0.1) is 29.1 Å². The van der Waals surface area contributed by atoms with Crippen LogP contribution in [-0.4, -0.2) is 210 Å². The number of benzene rings is 6. The number of ether oxygens (including phenoxy) is 7. The number of hydrogen-bond donors (Lipinski definition) is 19. The van der Waals surface area contributed by atoms with Gasteiger partial charge < -0.3 is 127 Å². The number of phenols is 1. The molecule has 6 aromatic carbocycles. The topological polar surface area (TPSA) is 521 Å². The Morgan fingerprint density at radius 3 is 1.89 bits per heavy atom. The molecule has 12 aliphatic rings. The number of aromatic hydroxyl groups is 1. The van der Waals surface area contributed by atoms with Crippen LogP contribution < -0.4 is 87.5 Å². The lowest BCUT2D eigenvalue weighted by molar-refractivity contribution is -0.275. The maximum atomic E-state index is 16.6. The van der Waals surface area contributed by atoms with Crippen LogP contribution in [0.3, 0.4) is 0 Å². The number of aliphatic hydroxyl groups is 6. The summed E-state index contributed by atoms with van der Waals surface area (Å²) in [6.45, 7) is 4.42. The average Bonchev–Trinajstić information content (AvgIpc) is 1.54. The van der Waals surface area contributed by atoms with Gasteiger partial charge in [-0.1, -0.05) is 61.3 Å². The molecule has 18 rings (SSSR count). The monoisotopic (exact) mass is 1720 g/mol. The number of carbonyl (C=O) groups is 10. The lowest BCUT2D eigenvalue weighted by Crippen LogP contribution is -2.65. The predicted molar refractivity (Wildman–Crippen MR) is 430 cm³/mol. The largest absolute Gasteiger partial charge is 0.508 e. The Morgan fingerprint density at radius 2 is 1.25 bits per heavy atom. The number of alkyl carbamates (subject to hydrolysis) is 1. The molecule has 36 nitrogen and oxygen atoms in total. The van der Waals surface area contributed by atoms with Crippen LogP contribution in [0, 0.1) is 29.6 Å². The molecular weight excluding hydrogens is 1630 g/mol. The van der Waals surface area contributed by atoms with Crippen LogP contribution in [0.2, 0.25) is 10.0 Å². The van der Waals surface area contributed by atoms with E-state index in [1.54, 1.807) is 14.1 Å². The summed E-state index contributed by atoms with van der Waals surface area (Å²) in [5.74, 6) is -15.5. The maximum absolute atomic E-state index is 16.6. The van der Waals surface area contributed by atoms with E-state index in [4.69, 9.17) is 56.4 Å². The molecule has 10 amide bonds. The lowest BCUT2D eigenvalue weighted by Gasteiger charge is -2.54. The molecule has 19 N–H and O–H groups in total. The smallest absolute Gasteiger partial charge is 0.407 e. The van der Waals surface area contributed by atoms with Crippen LogP contribution in [0.5, 0.6) is 46.0 Å². The van der Waals surface area contributed by atoms with E-state index in [-0.39, 0.29) is 133 Å². The molecule has 4 saturated carbocycles. The highest BCUT2D eigenvalue weighted by molar-refractivity contribution is 6.32. The number of phenolic OH excluding ortho intramolecular Hbond substituents is 1. The van der Waals surface area contributed by atoms with Crippen LogP contribution in [0.15, 0.2) is 97.1 Å². The van der Waals surface area contributed by atoms with Crippen molar-refractivity contribution in [3.05, 3.63) is 152 Å². The van der Waals surface area contributed by atoms with Crippen molar-refractivity contribution in [1.82, 2.24) is 63.8 Å². The molecule has 0 radical (unpaired) electrons. The molecule has 14 atom stereocenters.